The molecule has 0 bridgehead atoms. The molecule has 0 aliphatic rings. The van der Waals surface area contributed by atoms with Crippen molar-refractivity contribution in [2.24, 2.45) is 5.84 Å². The van der Waals surface area contributed by atoms with E-state index in [1.807, 2.05) is 35.8 Å². The van der Waals surface area contributed by atoms with E-state index in [1.54, 1.807) is 12.4 Å². The van der Waals surface area contributed by atoms with Crippen LogP contribution in [0.2, 0.25) is 0 Å². The van der Waals surface area contributed by atoms with E-state index in [4.69, 9.17) is 5.84 Å². The lowest BCUT2D eigenvalue weighted by Crippen LogP contribution is -2.12. The van der Waals surface area contributed by atoms with Crippen molar-refractivity contribution in [3.8, 4) is 0 Å². The Hall–Kier alpha value is -2.47. The van der Waals surface area contributed by atoms with Gasteiger partial charge >= 0.3 is 0 Å². The Bertz CT molecular complexity index is 718. The van der Waals surface area contributed by atoms with Crippen molar-refractivity contribution in [1.29, 1.82) is 0 Å². The van der Waals surface area contributed by atoms with Crippen molar-refractivity contribution in [3.63, 3.8) is 0 Å². The number of nitrogens with zero attached hydrogens (tertiary/aromatic N) is 4. The first-order valence-electron chi connectivity index (χ1n) is 5.97. The van der Waals surface area contributed by atoms with Crippen LogP contribution in [0.5, 0.6) is 0 Å². The second-order valence-electron chi connectivity index (χ2n) is 4.32. The molecule has 0 spiro atoms. The third-order valence-electron chi connectivity index (χ3n) is 2.89. The van der Waals surface area contributed by atoms with E-state index in [9.17, 15) is 0 Å². The van der Waals surface area contributed by atoms with Gasteiger partial charge in [0.05, 0.1) is 23.9 Å². The van der Waals surface area contributed by atoms with Crippen molar-refractivity contribution < 1.29 is 0 Å². The average molecular weight is 254 g/mol. The highest BCUT2D eigenvalue weighted by molar-refractivity contribution is 5.74. The fourth-order valence-corrected chi connectivity index (χ4v) is 2.06. The van der Waals surface area contributed by atoms with Crippen molar-refractivity contribution in [2.75, 3.05) is 5.43 Å². The van der Waals surface area contributed by atoms with Gasteiger partial charge in [0.2, 0.25) is 0 Å². The van der Waals surface area contributed by atoms with E-state index < -0.39 is 0 Å². The summed E-state index contributed by atoms with van der Waals surface area (Å²) in [5, 5.41) is 0. The molecule has 96 valence electrons. The molecule has 0 saturated heterocycles. The second kappa shape index (κ2) is 4.66. The Labute approximate surface area is 110 Å². The first-order valence-corrected chi connectivity index (χ1v) is 5.97. The number of imidazole rings is 1. The molecule has 0 aliphatic heterocycles. The van der Waals surface area contributed by atoms with E-state index >= 15 is 0 Å². The summed E-state index contributed by atoms with van der Waals surface area (Å²) in [7, 11) is 0. The summed E-state index contributed by atoms with van der Waals surface area (Å²) in [4.78, 5) is 13.1. The number of anilines is 1. The van der Waals surface area contributed by atoms with Crippen LogP contribution < -0.4 is 11.3 Å². The number of aromatic nitrogens is 4. The molecule has 0 unspecified atom stereocenters. The zero-order chi connectivity index (χ0) is 13.2. The molecule has 2 aromatic heterocycles. The first-order chi connectivity index (χ1) is 9.26. The molecule has 6 heteroatoms. The highest BCUT2D eigenvalue weighted by Crippen LogP contribution is 2.13. The van der Waals surface area contributed by atoms with Crippen molar-refractivity contribution in [1.82, 2.24) is 19.5 Å². The number of fused-ring (bicyclic) bond motifs is 1. The number of rotatable bonds is 3. The van der Waals surface area contributed by atoms with Crippen LogP contribution in [0, 0.1) is 6.92 Å². The van der Waals surface area contributed by atoms with E-state index in [-0.39, 0.29) is 0 Å². The fourth-order valence-electron chi connectivity index (χ4n) is 2.06. The Balaban J connectivity index is 1.99. The van der Waals surface area contributed by atoms with Crippen LogP contribution in [-0.2, 0) is 6.54 Å². The van der Waals surface area contributed by atoms with Crippen LogP contribution in [0.15, 0.2) is 36.7 Å². The number of para-hydroxylation sites is 2. The number of aryl methyl sites for hydroxylation is 1. The van der Waals surface area contributed by atoms with Crippen molar-refractivity contribution in [2.45, 2.75) is 13.5 Å². The monoisotopic (exact) mass is 254 g/mol. The number of benzene rings is 1. The summed E-state index contributed by atoms with van der Waals surface area (Å²) >= 11 is 0. The smallest absolute Gasteiger partial charge is 0.150 e. The zero-order valence-electron chi connectivity index (χ0n) is 10.5. The maximum Gasteiger partial charge on any atom is 0.150 e. The SMILES string of the molecule is Cc1cc(NN)nc(Cn2cnc3ccccc32)n1. The quantitative estimate of drug-likeness (QED) is 0.546. The molecule has 1 aromatic carbocycles. The molecule has 0 aliphatic carbocycles. The van der Waals surface area contributed by atoms with Crippen LogP contribution in [0.25, 0.3) is 11.0 Å². The van der Waals surface area contributed by atoms with Gasteiger partial charge in [-0.2, -0.15) is 0 Å². The Morgan fingerprint density at radius 1 is 1.26 bits per heavy atom. The highest BCUT2D eigenvalue weighted by Gasteiger charge is 2.06. The van der Waals surface area contributed by atoms with Gasteiger partial charge in [-0.05, 0) is 19.1 Å². The van der Waals surface area contributed by atoms with Gasteiger partial charge in [-0.3, -0.25) is 0 Å². The van der Waals surface area contributed by atoms with E-state index in [2.05, 4.69) is 20.4 Å². The van der Waals surface area contributed by atoms with Gasteiger partial charge in [-0.25, -0.2) is 20.8 Å². The average Bonchev–Trinajstić information content (AvgIpc) is 2.82. The summed E-state index contributed by atoms with van der Waals surface area (Å²) in [6.07, 6.45) is 1.80. The third kappa shape index (κ3) is 2.25. The Morgan fingerprint density at radius 2 is 2.11 bits per heavy atom. The maximum absolute atomic E-state index is 5.39. The number of hydrogen-bond donors (Lipinski definition) is 2. The predicted molar refractivity (Wildman–Crippen MR) is 73.4 cm³/mol. The number of nitrogens with one attached hydrogen (secondary N) is 1. The van der Waals surface area contributed by atoms with Gasteiger partial charge in [-0.15, -0.1) is 0 Å². The molecular formula is C13H14N6. The van der Waals surface area contributed by atoms with Crippen LogP contribution in [0.4, 0.5) is 5.82 Å². The molecule has 3 N–H and O–H groups in total. The van der Waals surface area contributed by atoms with Crippen molar-refractivity contribution >= 4 is 16.9 Å². The summed E-state index contributed by atoms with van der Waals surface area (Å²) in [6.45, 7) is 2.48. The summed E-state index contributed by atoms with van der Waals surface area (Å²) < 4.78 is 2.02. The number of hydrogen-bond acceptors (Lipinski definition) is 5. The summed E-state index contributed by atoms with van der Waals surface area (Å²) in [5.74, 6) is 6.71. The van der Waals surface area contributed by atoms with Crippen LogP contribution in [0.1, 0.15) is 11.5 Å². The molecular weight excluding hydrogens is 240 g/mol. The standard InChI is InChI=1S/C13H14N6/c1-9-6-12(18-14)17-13(16-9)7-19-8-15-10-4-2-3-5-11(10)19/h2-6,8H,7,14H2,1H3,(H,16,17,18). The van der Waals surface area contributed by atoms with Gasteiger partial charge in [0.1, 0.15) is 5.82 Å². The molecule has 3 rings (SSSR count). The largest absolute Gasteiger partial charge is 0.323 e. The summed E-state index contributed by atoms with van der Waals surface area (Å²) in [6, 6.07) is 9.77. The molecule has 0 radical (unpaired) electrons. The lowest BCUT2D eigenvalue weighted by Gasteiger charge is -2.06. The van der Waals surface area contributed by atoms with E-state index in [1.165, 1.54) is 0 Å². The van der Waals surface area contributed by atoms with Crippen LogP contribution >= 0.6 is 0 Å². The van der Waals surface area contributed by atoms with Crippen LogP contribution in [-0.4, -0.2) is 19.5 Å². The molecule has 0 amide bonds. The summed E-state index contributed by atoms with van der Waals surface area (Å²) in [5.41, 5.74) is 5.46. The third-order valence-corrected chi connectivity index (χ3v) is 2.89. The van der Waals surface area contributed by atoms with Gasteiger partial charge in [0.25, 0.3) is 0 Å². The molecule has 0 fully saturated rings. The van der Waals surface area contributed by atoms with Crippen LogP contribution in [0.3, 0.4) is 0 Å². The molecule has 19 heavy (non-hydrogen) atoms. The number of nitrogens with two attached hydrogens (primary N) is 1. The number of hydrazine groups is 1. The lowest BCUT2D eigenvalue weighted by molar-refractivity contribution is 0.758. The van der Waals surface area contributed by atoms with Gasteiger partial charge < -0.3 is 9.99 Å². The first kappa shape index (κ1) is 11.6. The van der Waals surface area contributed by atoms with Gasteiger partial charge in [0, 0.05) is 11.8 Å². The molecule has 6 nitrogen and oxygen atoms in total. The topological polar surface area (TPSA) is 81.6 Å². The molecule has 3 aromatic rings. The minimum absolute atomic E-state index is 0.566. The highest BCUT2D eigenvalue weighted by atomic mass is 15.3. The normalized spacial score (nSPS) is 10.8. The maximum atomic E-state index is 5.39. The van der Waals surface area contributed by atoms with Gasteiger partial charge in [0.15, 0.2) is 5.82 Å². The molecule has 0 atom stereocenters. The second-order valence-corrected chi connectivity index (χ2v) is 4.32. The Kier molecular flexibility index (Phi) is 2.85. The lowest BCUT2D eigenvalue weighted by atomic mass is 10.3. The minimum Gasteiger partial charge on any atom is -0.323 e. The predicted octanol–water partition coefficient (Wildman–Crippen LogP) is 1.47. The zero-order valence-corrected chi connectivity index (χ0v) is 10.5. The van der Waals surface area contributed by atoms with Gasteiger partial charge in [-0.1, -0.05) is 12.1 Å². The minimum atomic E-state index is 0.566. The van der Waals surface area contributed by atoms with Crippen molar-refractivity contribution in [3.05, 3.63) is 48.2 Å². The number of nitrogen functional groups attached to an aromatic ring is 1. The van der Waals surface area contributed by atoms with E-state index in [0.717, 1.165) is 16.7 Å². The Morgan fingerprint density at radius 3 is 2.95 bits per heavy atom. The molecule has 0 saturated carbocycles. The van der Waals surface area contributed by atoms with E-state index in [0.29, 0.717) is 18.2 Å². The molecule has 2 heterocycles. The fraction of sp³-hybridized carbons (Fsp3) is 0.154.